The molecule has 0 unspecified atom stereocenters. The summed E-state index contributed by atoms with van der Waals surface area (Å²) in [4.78, 5) is 27.6. The molecule has 0 aromatic heterocycles. The Balaban J connectivity index is 1.57. The van der Waals surface area contributed by atoms with Crippen LogP contribution in [0.15, 0.2) is 52.3 Å². The highest BCUT2D eigenvalue weighted by atomic mass is 32.2. The van der Waals surface area contributed by atoms with E-state index in [0.29, 0.717) is 24.6 Å². The van der Waals surface area contributed by atoms with E-state index in [2.05, 4.69) is 5.32 Å². The first-order valence-corrected chi connectivity index (χ1v) is 12.8. The van der Waals surface area contributed by atoms with Crippen molar-refractivity contribution in [3.8, 4) is 0 Å². The maximum Gasteiger partial charge on any atom is 0.244 e. The van der Waals surface area contributed by atoms with Gasteiger partial charge < -0.3 is 15.0 Å². The normalized spacial score (nSPS) is 17.2. The van der Waals surface area contributed by atoms with Crippen molar-refractivity contribution < 1.29 is 22.7 Å². The zero-order valence-electron chi connectivity index (χ0n) is 17.7. The zero-order valence-corrected chi connectivity index (χ0v) is 19.4. The second-order valence-corrected chi connectivity index (χ2v) is 10.5. The number of morpholine rings is 1. The van der Waals surface area contributed by atoms with E-state index in [1.807, 2.05) is 25.1 Å². The minimum atomic E-state index is -3.72. The Labute approximate surface area is 192 Å². The van der Waals surface area contributed by atoms with E-state index in [1.165, 1.54) is 27.0 Å². The molecule has 0 bridgehead atoms. The van der Waals surface area contributed by atoms with Gasteiger partial charge in [0.25, 0.3) is 0 Å². The molecular weight excluding hydrogens is 450 g/mol. The topological polar surface area (TPSA) is 96.0 Å². The molecule has 1 saturated heterocycles. The quantitative estimate of drug-likeness (QED) is 0.689. The average molecular weight is 476 g/mol. The molecular formula is C22H25N3O5S2. The van der Waals surface area contributed by atoms with Crippen molar-refractivity contribution in [2.75, 3.05) is 48.8 Å². The van der Waals surface area contributed by atoms with Crippen LogP contribution in [0.5, 0.6) is 0 Å². The summed E-state index contributed by atoms with van der Waals surface area (Å²) < 4.78 is 32.8. The van der Waals surface area contributed by atoms with Gasteiger partial charge in [0.15, 0.2) is 0 Å². The van der Waals surface area contributed by atoms with Crippen LogP contribution in [0.3, 0.4) is 0 Å². The Kier molecular flexibility index (Phi) is 6.85. The number of aryl methyl sites for hydroxylation is 1. The van der Waals surface area contributed by atoms with Gasteiger partial charge in [-0.05, 0) is 42.3 Å². The van der Waals surface area contributed by atoms with Crippen LogP contribution in [-0.4, -0.2) is 63.1 Å². The smallest absolute Gasteiger partial charge is 0.244 e. The van der Waals surface area contributed by atoms with E-state index in [0.717, 1.165) is 16.9 Å². The number of rotatable bonds is 6. The van der Waals surface area contributed by atoms with Gasteiger partial charge in [-0.3, -0.25) is 9.59 Å². The van der Waals surface area contributed by atoms with Gasteiger partial charge in [0, 0.05) is 23.7 Å². The Bertz CT molecular complexity index is 1130. The van der Waals surface area contributed by atoms with E-state index in [9.17, 15) is 18.0 Å². The number of anilines is 2. The summed E-state index contributed by atoms with van der Waals surface area (Å²) >= 11 is 1.34. The molecule has 2 aromatic rings. The molecule has 8 nitrogen and oxygen atoms in total. The molecule has 0 aliphatic carbocycles. The van der Waals surface area contributed by atoms with Gasteiger partial charge in [0.05, 0.1) is 29.5 Å². The fraction of sp³-hybridized carbons (Fsp3) is 0.364. The van der Waals surface area contributed by atoms with Gasteiger partial charge in [-0.15, -0.1) is 11.8 Å². The number of fused-ring (bicyclic) bond motifs is 1. The number of ether oxygens (including phenoxy) is 1. The van der Waals surface area contributed by atoms with Crippen molar-refractivity contribution in [1.29, 1.82) is 0 Å². The minimum Gasteiger partial charge on any atom is -0.379 e. The van der Waals surface area contributed by atoms with Crippen molar-refractivity contribution in [3.63, 3.8) is 0 Å². The van der Waals surface area contributed by atoms with Crippen LogP contribution in [0.2, 0.25) is 0 Å². The zero-order chi connectivity index (χ0) is 22.7. The predicted molar refractivity (Wildman–Crippen MR) is 124 cm³/mol. The summed E-state index contributed by atoms with van der Waals surface area (Å²) in [5, 5.41) is 2.83. The van der Waals surface area contributed by atoms with Crippen LogP contribution < -0.4 is 10.2 Å². The lowest BCUT2D eigenvalue weighted by Gasteiger charge is -2.30. The van der Waals surface area contributed by atoms with Crippen LogP contribution >= 0.6 is 11.8 Å². The highest BCUT2D eigenvalue weighted by Gasteiger charge is 2.31. The van der Waals surface area contributed by atoms with Crippen LogP contribution in [0.1, 0.15) is 12.5 Å². The molecule has 32 heavy (non-hydrogen) atoms. The number of thioether (sulfide) groups is 1. The lowest BCUT2D eigenvalue weighted by atomic mass is 10.1. The molecule has 10 heteroatoms. The van der Waals surface area contributed by atoms with Crippen LogP contribution in [0.4, 0.5) is 11.4 Å². The SMILES string of the molecule is CCc1cccc(NC(=O)CN2C(=O)CSc3ccc(S(=O)(=O)N4CCOCC4)cc32)c1. The number of hydrogen-bond acceptors (Lipinski definition) is 6. The van der Waals surface area contributed by atoms with E-state index >= 15 is 0 Å². The largest absolute Gasteiger partial charge is 0.379 e. The first-order valence-electron chi connectivity index (χ1n) is 10.4. The lowest BCUT2D eigenvalue weighted by Crippen LogP contribution is -2.42. The molecule has 2 heterocycles. The molecule has 1 N–H and O–H groups in total. The van der Waals surface area contributed by atoms with Crippen LogP contribution in [-0.2, 0) is 30.8 Å². The summed E-state index contributed by atoms with van der Waals surface area (Å²) in [7, 11) is -3.72. The first kappa shape index (κ1) is 22.8. The molecule has 0 saturated carbocycles. The maximum absolute atomic E-state index is 13.1. The molecule has 1 fully saturated rings. The van der Waals surface area contributed by atoms with Crippen molar-refractivity contribution in [2.24, 2.45) is 0 Å². The monoisotopic (exact) mass is 475 g/mol. The number of carbonyl (C=O) groups is 2. The van der Waals surface area contributed by atoms with E-state index < -0.39 is 10.0 Å². The molecule has 2 amide bonds. The summed E-state index contributed by atoms with van der Waals surface area (Å²) in [6.07, 6.45) is 0.847. The van der Waals surface area contributed by atoms with E-state index in [1.54, 1.807) is 18.2 Å². The maximum atomic E-state index is 13.1. The molecule has 0 atom stereocenters. The predicted octanol–water partition coefficient (Wildman–Crippen LogP) is 2.35. The summed E-state index contributed by atoms with van der Waals surface area (Å²) in [5.74, 6) is -0.381. The molecule has 170 valence electrons. The third kappa shape index (κ3) is 4.83. The fourth-order valence-electron chi connectivity index (χ4n) is 3.66. The molecule has 2 aliphatic rings. The Morgan fingerprint density at radius 2 is 1.94 bits per heavy atom. The molecule has 0 spiro atoms. The molecule has 0 radical (unpaired) electrons. The lowest BCUT2D eigenvalue weighted by molar-refractivity contribution is -0.120. The minimum absolute atomic E-state index is 0.106. The first-order chi connectivity index (χ1) is 15.4. The number of nitrogens with zero attached hydrogens (tertiary/aromatic N) is 2. The van der Waals surface area contributed by atoms with Crippen molar-refractivity contribution in [1.82, 2.24) is 4.31 Å². The van der Waals surface area contributed by atoms with Crippen molar-refractivity contribution in [2.45, 2.75) is 23.1 Å². The number of sulfonamides is 1. The Morgan fingerprint density at radius 1 is 1.16 bits per heavy atom. The van der Waals surface area contributed by atoms with E-state index in [-0.39, 0.29) is 42.1 Å². The molecule has 4 rings (SSSR count). The van der Waals surface area contributed by atoms with Gasteiger partial charge in [-0.2, -0.15) is 4.31 Å². The standard InChI is InChI=1S/C22H25N3O5S2/c1-2-16-4-3-5-17(12-16)23-21(26)14-25-19-13-18(6-7-20(19)31-15-22(25)27)32(28,29)24-8-10-30-11-9-24/h3-7,12-13H,2,8-11,14-15H2,1H3,(H,23,26). The Hall–Kier alpha value is -2.40. The number of carbonyl (C=O) groups excluding carboxylic acids is 2. The third-order valence-corrected chi connectivity index (χ3v) is 8.34. The number of benzene rings is 2. The van der Waals surface area contributed by atoms with Gasteiger partial charge in [0.1, 0.15) is 6.54 Å². The number of hydrogen-bond donors (Lipinski definition) is 1. The van der Waals surface area contributed by atoms with Gasteiger partial charge in [-0.25, -0.2) is 8.42 Å². The van der Waals surface area contributed by atoms with Crippen molar-refractivity contribution >= 4 is 45.0 Å². The molecule has 2 aromatic carbocycles. The van der Waals surface area contributed by atoms with Crippen LogP contribution in [0, 0.1) is 0 Å². The van der Waals surface area contributed by atoms with Gasteiger partial charge in [-0.1, -0.05) is 19.1 Å². The number of amides is 2. The number of nitrogens with one attached hydrogen (secondary N) is 1. The van der Waals surface area contributed by atoms with Gasteiger partial charge >= 0.3 is 0 Å². The van der Waals surface area contributed by atoms with Crippen LogP contribution in [0.25, 0.3) is 0 Å². The van der Waals surface area contributed by atoms with Gasteiger partial charge in [0.2, 0.25) is 21.8 Å². The average Bonchev–Trinajstić information content (AvgIpc) is 2.81. The van der Waals surface area contributed by atoms with E-state index in [4.69, 9.17) is 4.74 Å². The highest BCUT2D eigenvalue weighted by Crippen LogP contribution is 2.37. The second-order valence-electron chi connectivity index (χ2n) is 7.52. The summed E-state index contributed by atoms with van der Waals surface area (Å²) in [6, 6.07) is 12.3. The second kappa shape index (κ2) is 9.62. The summed E-state index contributed by atoms with van der Waals surface area (Å²) in [5.41, 5.74) is 2.20. The fourth-order valence-corrected chi connectivity index (χ4v) is 6.01. The summed E-state index contributed by atoms with van der Waals surface area (Å²) in [6.45, 7) is 3.12. The highest BCUT2D eigenvalue weighted by molar-refractivity contribution is 8.00. The Morgan fingerprint density at radius 3 is 2.69 bits per heavy atom. The van der Waals surface area contributed by atoms with Crippen molar-refractivity contribution in [3.05, 3.63) is 48.0 Å². The third-order valence-electron chi connectivity index (χ3n) is 5.40. The molecule has 2 aliphatic heterocycles.